The molecule has 0 spiro atoms. The van der Waals surface area contributed by atoms with Crippen LogP contribution in [0, 0.1) is 0 Å². The number of rotatable bonds is 4. The number of anilines is 1. The van der Waals surface area contributed by atoms with Crippen LogP contribution in [-0.2, 0) is 16.6 Å². The third kappa shape index (κ3) is 3.30. The van der Waals surface area contributed by atoms with Crippen molar-refractivity contribution < 1.29 is 14.7 Å². The van der Waals surface area contributed by atoms with Crippen molar-refractivity contribution in [1.29, 1.82) is 0 Å². The van der Waals surface area contributed by atoms with Gasteiger partial charge in [0.05, 0.1) is 17.9 Å². The second-order valence-corrected chi connectivity index (χ2v) is 6.20. The first-order valence-corrected chi connectivity index (χ1v) is 7.85. The van der Waals surface area contributed by atoms with Crippen LogP contribution in [0.3, 0.4) is 0 Å². The highest BCUT2D eigenvalue weighted by Gasteiger charge is 2.30. The van der Waals surface area contributed by atoms with E-state index in [2.05, 4.69) is 10.4 Å². The molecule has 2 aliphatic rings. The number of amides is 2. The summed E-state index contributed by atoms with van der Waals surface area (Å²) in [6.45, 7) is 0.501. The molecule has 1 unspecified atom stereocenters. The summed E-state index contributed by atoms with van der Waals surface area (Å²) in [5.74, 6) is -0.142. The molecule has 1 atom stereocenters. The van der Waals surface area contributed by atoms with E-state index in [0.717, 1.165) is 37.1 Å². The maximum atomic E-state index is 12.2. The average Bonchev–Trinajstić information content (AvgIpc) is 3.26. The molecular formula is C15H22N4O3. The number of aryl methyl sites for hydroxylation is 1. The number of hydrogen-bond donors (Lipinski definition) is 2. The maximum Gasteiger partial charge on any atom is 0.251 e. The van der Waals surface area contributed by atoms with Crippen LogP contribution in [-0.4, -0.2) is 50.8 Å². The molecule has 0 aromatic carbocycles. The number of hydrogen-bond acceptors (Lipinski definition) is 4. The molecule has 1 aromatic rings. The van der Waals surface area contributed by atoms with Crippen LogP contribution in [0.25, 0.3) is 0 Å². The number of carbonyl (C=O) groups excluding carboxylic acids is 2. The molecule has 2 heterocycles. The average molecular weight is 306 g/mol. The van der Waals surface area contributed by atoms with E-state index in [1.807, 2.05) is 7.05 Å². The van der Waals surface area contributed by atoms with Gasteiger partial charge in [0.25, 0.3) is 5.91 Å². The van der Waals surface area contributed by atoms with Gasteiger partial charge in [0.1, 0.15) is 6.10 Å². The van der Waals surface area contributed by atoms with E-state index in [4.69, 9.17) is 0 Å². The zero-order valence-corrected chi connectivity index (χ0v) is 12.8. The normalized spacial score (nSPS) is 22.5. The van der Waals surface area contributed by atoms with Gasteiger partial charge in [-0.25, -0.2) is 0 Å². The van der Waals surface area contributed by atoms with Gasteiger partial charge in [-0.2, -0.15) is 5.10 Å². The molecule has 1 aromatic heterocycles. The van der Waals surface area contributed by atoms with Crippen LogP contribution in [0.15, 0.2) is 6.20 Å². The summed E-state index contributed by atoms with van der Waals surface area (Å²) >= 11 is 0. The number of likely N-dealkylation sites (tertiary alicyclic amines) is 1. The Morgan fingerprint density at radius 2 is 2.18 bits per heavy atom. The van der Waals surface area contributed by atoms with Crippen LogP contribution in [0.2, 0.25) is 0 Å². The Kier molecular flexibility index (Phi) is 4.15. The molecular weight excluding hydrogens is 284 g/mol. The lowest BCUT2D eigenvalue weighted by molar-refractivity contribution is -0.141. The standard InChI is InChI=1S/C15H22N4O3/c1-18-8-11(14(17-18)10-5-6-10)16-13(21)9-19-7-3-2-4-12(20)15(19)22/h8,10,12,20H,2-7,9H2,1H3,(H,16,21). The lowest BCUT2D eigenvalue weighted by Gasteiger charge is -2.21. The molecule has 2 fully saturated rings. The van der Waals surface area contributed by atoms with Crippen molar-refractivity contribution in [3.8, 4) is 0 Å². The largest absolute Gasteiger partial charge is 0.383 e. The van der Waals surface area contributed by atoms with Crippen LogP contribution in [0.5, 0.6) is 0 Å². The first-order valence-electron chi connectivity index (χ1n) is 7.85. The molecule has 2 amide bonds. The fraction of sp³-hybridized carbons (Fsp3) is 0.667. The quantitative estimate of drug-likeness (QED) is 0.853. The van der Waals surface area contributed by atoms with Crippen molar-refractivity contribution in [2.24, 2.45) is 7.05 Å². The Morgan fingerprint density at radius 1 is 1.41 bits per heavy atom. The molecule has 1 saturated carbocycles. The predicted molar refractivity (Wildman–Crippen MR) is 80.3 cm³/mol. The molecule has 0 bridgehead atoms. The van der Waals surface area contributed by atoms with Gasteiger partial charge in [-0.1, -0.05) is 0 Å². The molecule has 1 aliphatic carbocycles. The lowest BCUT2D eigenvalue weighted by atomic mass is 10.2. The van der Waals surface area contributed by atoms with Gasteiger partial charge in [-0.05, 0) is 32.1 Å². The molecule has 2 N–H and O–H groups in total. The Bertz CT molecular complexity index is 579. The van der Waals surface area contributed by atoms with Crippen LogP contribution in [0.1, 0.15) is 43.7 Å². The van der Waals surface area contributed by atoms with Gasteiger partial charge in [-0.15, -0.1) is 0 Å². The summed E-state index contributed by atoms with van der Waals surface area (Å²) in [6, 6.07) is 0. The van der Waals surface area contributed by atoms with Crippen molar-refractivity contribution in [3.05, 3.63) is 11.9 Å². The van der Waals surface area contributed by atoms with E-state index in [-0.39, 0.29) is 18.4 Å². The molecule has 7 nitrogen and oxygen atoms in total. The molecule has 3 rings (SSSR count). The number of aliphatic hydroxyl groups is 1. The highest BCUT2D eigenvalue weighted by atomic mass is 16.3. The Morgan fingerprint density at radius 3 is 2.91 bits per heavy atom. The highest BCUT2D eigenvalue weighted by molar-refractivity contribution is 5.95. The van der Waals surface area contributed by atoms with Gasteiger partial charge in [0, 0.05) is 25.7 Å². The highest BCUT2D eigenvalue weighted by Crippen LogP contribution is 2.42. The lowest BCUT2D eigenvalue weighted by Crippen LogP contribution is -2.42. The second kappa shape index (κ2) is 6.08. The topological polar surface area (TPSA) is 87.5 Å². The van der Waals surface area contributed by atoms with Crippen molar-refractivity contribution in [1.82, 2.24) is 14.7 Å². The second-order valence-electron chi connectivity index (χ2n) is 6.20. The number of aromatic nitrogens is 2. The molecule has 22 heavy (non-hydrogen) atoms. The van der Waals surface area contributed by atoms with Gasteiger partial charge in [-0.3, -0.25) is 14.3 Å². The summed E-state index contributed by atoms with van der Waals surface area (Å²) in [5.41, 5.74) is 1.66. The minimum absolute atomic E-state index is 0.0190. The predicted octanol–water partition coefficient (Wildman–Crippen LogP) is 0.609. The molecule has 120 valence electrons. The zero-order valence-electron chi connectivity index (χ0n) is 12.8. The molecule has 1 aliphatic heterocycles. The van der Waals surface area contributed by atoms with Crippen molar-refractivity contribution in [3.63, 3.8) is 0 Å². The minimum Gasteiger partial charge on any atom is -0.383 e. The number of nitrogens with one attached hydrogen (secondary N) is 1. The van der Waals surface area contributed by atoms with Gasteiger partial charge in [0.2, 0.25) is 5.91 Å². The summed E-state index contributed by atoms with van der Waals surface area (Å²) in [7, 11) is 1.83. The fourth-order valence-electron chi connectivity index (χ4n) is 2.87. The summed E-state index contributed by atoms with van der Waals surface area (Å²) in [4.78, 5) is 25.7. The van der Waals surface area contributed by atoms with E-state index >= 15 is 0 Å². The third-order valence-corrected chi connectivity index (χ3v) is 4.18. The van der Waals surface area contributed by atoms with Crippen LogP contribution < -0.4 is 5.32 Å². The third-order valence-electron chi connectivity index (χ3n) is 4.18. The Balaban J connectivity index is 1.63. The molecule has 0 radical (unpaired) electrons. The number of aliphatic hydroxyl groups excluding tert-OH is 1. The molecule has 1 saturated heterocycles. The zero-order chi connectivity index (χ0) is 15.7. The van der Waals surface area contributed by atoms with E-state index in [1.165, 1.54) is 4.90 Å². The number of nitrogens with zero attached hydrogens (tertiary/aromatic N) is 3. The van der Waals surface area contributed by atoms with Crippen LogP contribution in [0.4, 0.5) is 5.69 Å². The summed E-state index contributed by atoms with van der Waals surface area (Å²) < 4.78 is 1.70. The Labute approximate surface area is 129 Å². The Hall–Kier alpha value is -1.89. The SMILES string of the molecule is Cn1cc(NC(=O)CN2CCCCC(O)C2=O)c(C2CC2)n1. The fourth-order valence-corrected chi connectivity index (χ4v) is 2.87. The van der Waals surface area contributed by atoms with E-state index in [1.54, 1.807) is 10.9 Å². The summed E-state index contributed by atoms with van der Waals surface area (Å²) in [5, 5.41) is 17.0. The number of carbonyl (C=O) groups is 2. The van der Waals surface area contributed by atoms with Gasteiger partial charge < -0.3 is 15.3 Å². The van der Waals surface area contributed by atoms with E-state index < -0.39 is 6.10 Å². The first-order chi connectivity index (χ1) is 10.5. The first kappa shape index (κ1) is 15.0. The summed E-state index contributed by atoms with van der Waals surface area (Å²) in [6.07, 6.45) is 5.13. The molecule has 7 heteroatoms. The van der Waals surface area contributed by atoms with E-state index in [9.17, 15) is 14.7 Å². The van der Waals surface area contributed by atoms with E-state index in [0.29, 0.717) is 18.9 Å². The van der Waals surface area contributed by atoms with Gasteiger partial charge in [0.15, 0.2) is 0 Å². The van der Waals surface area contributed by atoms with Crippen molar-refractivity contribution >= 4 is 17.5 Å². The maximum absolute atomic E-state index is 12.2. The monoisotopic (exact) mass is 306 g/mol. The van der Waals surface area contributed by atoms with Gasteiger partial charge >= 0.3 is 0 Å². The van der Waals surface area contributed by atoms with Crippen molar-refractivity contribution in [2.75, 3.05) is 18.4 Å². The smallest absolute Gasteiger partial charge is 0.251 e. The van der Waals surface area contributed by atoms with Crippen molar-refractivity contribution in [2.45, 2.75) is 44.1 Å². The van der Waals surface area contributed by atoms with Crippen LogP contribution >= 0.6 is 0 Å². The minimum atomic E-state index is -0.976.